The van der Waals surface area contributed by atoms with Gasteiger partial charge in [0.1, 0.15) is 10.7 Å². The fourth-order valence-electron chi connectivity index (χ4n) is 3.04. The number of hydrogen-bond donors (Lipinski definition) is 2. The van der Waals surface area contributed by atoms with E-state index in [1.807, 2.05) is 25.7 Å². The first-order valence-corrected chi connectivity index (χ1v) is 10.4. The Bertz CT molecular complexity index is 851. The molecule has 26 heavy (non-hydrogen) atoms. The Morgan fingerprint density at radius 1 is 1.46 bits per heavy atom. The normalized spacial score (nSPS) is 18.6. The van der Waals surface area contributed by atoms with Crippen LogP contribution in [0, 0.1) is 13.8 Å². The van der Waals surface area contributed by atoms with Crippen LogP contribution < -0.4 is 10.9 Å². The number of amides is 1. The van der Waals surface area contributed by atoms with E-state index in [9.17, 15) is 9.59 Å². The molecule has 2 aromatic heterocycles. The number of aromatic amines is 1. The zero-order chi connectivity index (χ0) is 18.1. The van der Waals surface area contributed by atoms with Crippen LogP contribution in [0.2, 0.25) is 0 Å². The van der Waals surface area contributed by atoms with Crippen molar-refractivity contribution in [3.8, 4) is 0 Å². The first-order chi connectivity index (χ1) is 11.9. The second-order valence-electron chi connectivity index (χ2n) is 6.51. The molecule has 0 radical (unpaired) electrons. The summed E-state index contributed by atoms with van der Waals surface area (Å²) in [6.45, 7) is 10.4. The third-order valence-electron chi connectivity index (χ3n) is 4.69. The minimum absolute atomic E-state index is 0. The molecule has 144 valence electrons. The molecule has 9 heteroatoms. The summed E-state index contributed by atoms with van der Waals surface area (Å²) in [5.41, 5.74) is 0.918. The number of carbonyl (C=O) groups is 1. The second-order valence-corrected chi connectivity index (χ2v) is 9.05. The van der Waals surface area contributed by atoms with Crippen LogP contribution in [-0.2, 0) is 10.5 Å². The van der Waals surface area contributed by atoms with Gasteiger partial charge >= 0.3 is 0 Å². The summed E-state index contributed by atoms with van der Waals surface area (Å²) in [6, 6.07) is 0.218. The third-order valence-corrected chi connectivity index (χ3v) is 6.93. The Morgan fingerprint density at radius 2 is 2.19 bits per heavy atom. The number of thiophene rings is 1. The maximum Gasteiger partial charge on any atom is 0.259 e. The van der Waals surface area contributed by atoms with Gasteiger partial charge in [0, 0.05) is 30.6 Å². The molecule has 2 unspecified atom stereocenters. The lowest BCUT2D eigenvalue weighted by atomic mass is 10.2. The van der Waals surface area contributed by atoms with Gasteiger partial charge < -0.3 is 15.2 Å². The number of fused-ring (bicyclic) bond motifs is 1. The molecule has 3 heterocycles. The lowest BCUT2D eigenvalue weighted by Crippen LogP contribution is -2.54. The number of thioether (sulfide) groups is 1. The minimum atomic E-state index is -0.159. The molecule has 0 aliphatic carbocycles. The van der Waals surface area contributed by atoms with E-state index in [1.165, 1.54) is 11.8 Å². The van der Waals surface area contributed by atoms with Crippen molar-refractivity contribution in [1.29, 1.82) is 0 Å². The van der Waals surface area contributed by atoms with Crippen molar-refractivity contribution in [2.45, 2.75) is 44.7 Å². The topological polar surface area (TPSA) is 78.1 Å². The lowest BCUT2D eigenvalue weighted by molar-refractivity contribution is -0.133. The zero-order valence-electron chi connectivity index (χ0n) is 15.4. The molecule has 6 nitrogen and oxygen atoms in total. The van der Waals surface area contributed by atoms with E-state index in [0.717, 1.165) is 34.9 Å². The molecule has 1 amide bonds. The summed E-state index contributed by atoms with van der Waals surface area (Å²) in [6.07, 6.45) is 0. The van der Waals surface area contributed by atoms with Gasteiger partial charge in [0.05, 0.1) is 16.4 Å². The van der Waals surface area contributed by atoms with Crippen molar-refractivity contribution in [3.63, 3.8) is 0 Å². The number of carbonyl (C=O) groups excluding carboxylic acids is 1. The molecule has 2 N–H and O–H groups in total. The maximum absolute atomic E-state index is 12.6. The highest BCUT2D eigenvalue weighted by atomic mass is 35.5. The van der Waals surface area contributed by atoms with Crippen molar-refractivity contribution in [2.24, 2.45) is 0 Å². The number of hydrogen-bond acceptors (Lipinski definition) is 6. The number of aromatic nitrogens is 2. The molecule has 0 aromatic carbocycles. The van der Waals surface area contributed by atoms with E-state index >= 15 is 0 Å². The van der Waals surface area contributed by atoms with Gasteiger partial charge in [-0.1, -0.05) is 0 Å². The van der Waals surface area contributed by atoms with E-state index in [4.69, 9.17) is 0 Å². The fraction of sp³-hybridized carbons (Fsp3) is 0.588. The first kappa shape index (κ1) is 21.2. The number of rotatable bonds is 4. The third kappa shape index (κ3) is 4.24. The average Bonchev–Trinajstić information content (AvgIpc) is 2.87. The molecule has 3 rings (SSSR count). The largest absolute Gasteiger partial charge is 0.336 e. The van der Waals surface area contributed by atoms with Gasteiger partial charge in [-0.3, -0.25) is 9.59 Å². The summed E-state index contributed by atoms with van der Waals surface area (Å²) >= 11 is 3.07. The summed E-state index contributed by atoms with van der Waals surface area (Å²) < 4.78 is 0. The molecular weight excluding hydrogens is 392 g/mol. The quantitative estimate of drug-likeness (QED) is 0.800. The number of aryl methyl sites for hydroxylation is 2. The van der Waals surface area contributed by atoms with Crippen molar-refractivity contribution >= 4 is 51.6 Å². The van der Waals surface area contributed by atoms with Gasteiger partial charge in [-0.15, -0.1) is 35.5 Å². The van der Waals surface area contributed by atoms with E-state index in [2.05, 4.69) is 22.2 Å². The van der Waals surface area contributed by atoms with Crippen molar-refractivity contribution in [1.82, 2.24) is 20.2 Å². The molecule has 2 atom stereocenters. The monoisotopic (exact) mass is 416 g/mol. The Balaban J connectivity index is 0.00000243. The van der Waals surface area contributed by atoms with Gasteiger partial charge in [-0.05, 0) is 33.3 Å². The highest BCUT2D eigenvalue weighted by molar-refractivity contribution is 7.99. The number of halogens is 1. The maximum atomic E-state index is 12.6. The molecule has 1 fully saturated rings. The van der Waals surface area contributed by atoms with E-state index in [-0.39, 0.29) is 35.2 Å². The fourth-order valence-corrected chi connectivity index (χ4v) is 4.92. The standard InChI is InChI=1S/C17H24N4O2S2.ClH/c1-9-7-18-5-6-21(9)17(23)12(4)24-8-13-19-15(22)14-10(2)11(3)25-16(14)20-13;/h9,12,18H,5-8H2,1-4H3,(H,19,20,22);1H. The number of nitrogens with one attached hydrogen (secondary N) is 2. The van der Waals surface area contributed by atoms with Gasteiger partial charge in [0.15, 0.2) is 0 Å². The van der Waals surface area contributed by atoms with Gasteiger partial charge in [-0.25, -0.2) is 4.98 Å². The highest BCUT2D eigenvalue weighted by Gasteiger charge is 2.27. The zero-order valence-corrected chi connectivity index (χ0v) is 17.9. The van der Waals surface area contributed by atoms with Crippen LogP contribution in [0.5, 0.6) is 0 Å². The Labute approximate surface area is 167 Å². The predicted octanol–water partition coefficient (Wildman–Crippen LogP) is 2.47. The Kier molecular flexibility index (Phi) is 7.12. The van der Waals surface area contributed by atoms with E-state index in [1.54, 1.807) is 11.3 Å². The number of H-pyrrole nitrogens is 1. The van der Waals surface area contributed by atoms with Crippen LogP contribution in [0.25, 0.3) is 10.2 Å². The highest BCUT2D eigenvalue weighted by Crippen LogP contribution is 2.26. The van der Waals surface area contributed by atoms with Crippen LogP contribution in [0.3, 0.4) is 0 Å². The number of piperazine rings is 1. The summed E-state index contributed by atoms with van der Waals surface area (Å²) in [7, 11) is 0. The summed E-state index contributed by atoms with van der Waals surface area (Å²) in [5, 5.41) is 3.83. The molecule has 1 saturated heterocycles. The van der Waals surface area contributed by atoms with Gasteiger partial charge in [0.25, 0.3) is 5.56 Å². The summed E-state index contributed by atoms with van der Waals surface area (Å²) in [5.74, 6) is 1.32. The number of nitrogens with zero attached hydrogens (tertiary/aromatic N) is 2. The Morgan fingerprint density at radius 3 is 2.88 bits per heavy atom. The van der Waals surface area contributed by atoms with Crippen LogP contribution >= 0.6 is 35.5 Å². The SMILES string of the molecule is Cc1sc2nc(CSC(C)C(=O)N3CCNCC3C)[nH]c(=O)c2c1C.Cl. The van der Waals surface area contributed by atoms with Crippen LogP contribution in [0.4, 0.5) is 0 Å². The van der Waals surface area contributed by atoms with Gasteiger partial charge in [-0.2, -0.15) is 0 Å². The van der Waals surface area contributed by atoms with E-state index < -0.39 is 0 Å². The smallest absolute Gasteiger partial charge is 0.259 e. The molecule has 2 aromatic rings. The van der Waals surface area contributed by atoms with E-state index in [0.29, 0.717) is 17.0 Å². The molecular formula is C17H25ClN4O2S2. The van der Waals surface area contributed by atoms with Crippen molar-refractivity contribution < 1.29 is 4.79 Å². The van der Waals surface area contributed by atoms with Crippen LogP contribution in [0.15, 0.2) is 4.79 Å². The molecule has 1 aliphatic rings. The minimum Gasteiger partial charge on any atom is -0.336 e. The second kappa shape index (κ2) is 8.73. The van der Waals surface area contributed by atoms with Crippen molar-refractivity contribution in [2.75, 3.05) is 19.6 Å². The first-order valence-electron chi connectivity index (χ1n) is 8.50. The van der Waals surface area contributed by atoms with Crippen LogP contribution in [0.1, 0.15) is 30.1 Å². The Hall–Kier alpha value is -1.09. The average molecular weight is 417 g/mol. The van der Waals surface area contributed by atoms with Gasteiger partial charge in [0.2, 0.25) is 5.91 Å². The molecule has 0 spiro atoms. The molecule has 1 aliphatic heterocycles. The van der Waals surface area contributed by atoms with Crippen molar-refractivity contribution in [3.05, 3.63) is 26.6 Å². The van der Waals surface area contributed by atoms with Crippen LogP contribution in [-0.4, -0.2) is 51.7 Å². The molecule has 0 bridgehead atoms. The summed E-state index contributed by atoms with van der Waals surface area (Å²) in [4.78, 5) is 36.3. The lowest BCUT2D eigenvalue weighted by Gasteiger charge is -2.35. The predicted molar refractivity (Wildman–Crippen MR) is 112 cm³/mol. The molecule has 0 saturated carbocycles.